The highest BCUT2D eigenvalue weighted by Crippen LogP contribution is 2.41. The van der Waals surface area contributed by atoms with E-state index < -0.39 is 0 Å². The van der Waals surface area contributed by atoms with Gasteiger partial charge in [-0.25, -0.2) is 0 Å². The van der Waals surface area contributed by atoms with Crippen molar-refractivity contribution >= 4 is 44.6 Å². The van der Waals surface area contributed by atoms with E-state index in [2.05, 4.69) is 147 Å². The topological polar surface area (TPSA) is 26.3 Å². The second kappa shape index (κ2) is 11.9. The van der Waals surface area contributed by atoms with Crippen molar-refractivity contribution in [2.45, 2.75) is 39.5 Å². The van der Waals surface area contributed by atoms with E-state index in [4.69, 9.17) is 8.83 Å². The van der Waals surface area contributed by atoms with Crippen LogP contribution in [0.3, 0.4) is 0 Å². The predicted molar refractivity (Wildman–Crippen MR) is 193 cm³/mol. The van der Waals surface area contributed by atoms with Gasteiger partial charge in [-0.3, -0.25) is 0 Å². The van der Waals surface area contributed by atoms with Crippen LogP contribution in [0.25, 0.3) is 55.7 Å². The number of aryl methyl sites for hydroxylation is 1. The molecule has 2 heterocycles. The van der Waals surface area contributed by atoms with Crippen molar-refractivity contribution in [3.05, 3.63) is 167 Å². The average molecular weight is 597 g/mol. The molecule has 0 bridgehead atoms. The molecule has 0 aliphatic heterocycles. The summed E-state index contributed by atoms with van der Waals surface area (Å²) >= 11 is 0. The maximum absolute atomic E-state index is 6.82. The highest BCUT2D eigenvalue weighted by molar-refractivity contribution is 6.17. The summed E-state index contributed by atoms with van der Waals surface area (Å²) in [6, 6.07) is 39.3. The molecule has 8 rings (SSSR count). The summed E-state index contributed by atoms with van der Waals surface area (Å²) in [6.07, 6.45) is 12.6. The Morgan fingerprint density at radius 2 is 1.48 bits per heavy atom. The lowest BCUT2D eigenvalue weighted by Crippen LogP contribution is -1.99. The summed E-state index contributed by atoms with van der Waals surface area (Å²) in [5.74, 6) is 1.06. The standard InChI is InChI=1S/C44H36O2/c1-3-4-13-29(2)41(32-24-22-31(23-25-32)30-14-6-5-7-15-30)35-18-9-8-16-33(35)28-34-17-12-20-36-37-26-27-40-42(44(37)46-43(34)36)38-19-10-11-21-39(38)45-40/h4-10,12-20,22-27H,3,11,21,28H2,1-2H3/b13-4-,41-29+. The quantitative estimate of drug-likeness (QED) is 0.171. The predicted octanol–water partition coefficient (Wildman–Crippen LogP) is 12.3. The molecule has 0 saturated heterocycles. The molecule has 0 unspecified atom stereocenters. The van der Waals surface area contributed by atoms with Crippen molar-refractivity contribution in [1.82, 2.24) is 0 Å². The van der Waals surface area contributed by atoms with Gasteiger partial charge in [-0.1, -0.05) is 128 Å². The van der Waals surface area contributed by atoms with E-state index in [1.807, 2.05) is 0 Å². The van der Waals surface area contributed by atoms with Crippen LogP contribution in [-0.4, -0.2) is 0 Å². The number of para-hydroxylation sites is 1. The summed E-state index contributed by atoms with van der Waals surface area (Å²) in [5, 5.41) is 3.38. The molecule has 0 radical (unpaired) electrons. The molecule has 2 aromatic heterocycles. The lowest BCUT2D eigenvalue weighted by molar-refractivity contribution is 0.546. The summed E-state index contributed by atoms with van der Waals surface area (Å²) < 4.78 is 13.1. The number of benzene rings is 5. The van der Waals surface area contributed by atoms with Crippen LogP contribution in [0.1, 0.15) is 60.3 Å². The minimum absolute atomic E-state index is 0.760. The zero-order chi connectivity index (χ0) is 31.0. The number of hydrogen-bond acceptors (Lipinski definition) is 2. The third-order valence-electron chi connectivity index (χ3n) is 9.28. The van der Waals surface area contributed by atoms with Crippen LogP contribution >= 0.6 is 0 Å². The molecule has 2 nitrogen and oxygen atoms in total. The fraction of sp³-hybridized carbons (Fsp3) is 0.136. The Bertz CT molecular complexity index is 2300. The van der Waals surface area contributed by atoms with Gasteiger partial charge in [0.25, 0.3) is 0 Å². The van der Waals surface area contributed by atoms with E-state index in [0.29, 0.717) is 0 Å². The van der Waals surface area contributed by atoms with Crippen molar-refractivity contribution in [3.63, 3.8) is 0 Å². The summed E-state index contributed by atoms with van der Waals surface area (Å²) in [4.78, 5) is 0. The van der Waals surface area contributed by atoms with Crippen molar-refractivity contribution in [1.29, 1.82) is 0 Å². The fourth-order valence-corrected chi connectivity index (χ4v) is 7.04. The molecule has 0 fully saturated rings. The van der Waals surface area contributed by atoms with Crippen LogP contribution in [0, 0.1) is 0 Å². The van der Waals surface area contributed by atoms with E-state index in [1.165, 1.54) is 50.1 Å². The number of rotatable bonds is 7. The molecule has 0 atom stereocenters. The first-order valence-electron chi connectivity index (χ1n) is 16.4. The van der Waals surface area contributed by atoms with Crippen LogP contribution in [0.5, 0.6) is 0 Å². The second-order valence-electron chi connectivity index (χ2n) is 12.2. The molecular formula is C44H36O2. The molecule has 0 spiro atoms. The normalized spacial score (nSPS) is 13.6. The number of furan rings is 2. The molecule has 2 heteroatoms. The summed E-state index contributed by atoms with van der Waals surface area (Å²) in [7, 11) is 0. The van der Waals surface area contributed by atoms with Crippen molar-refractivity contribution in [2.24, 2.45) is 0 Å². The smallest absolute Gasteiger partial charge is 0.147 e. The Morgan fingerprint density at radius 3 is 2.33 bits per heavy atom. The Labute approximate surface area is 270 Å². The van der Waals surface area contributed by atoms with Crippen molar-refractivity contribution < 1.29 is 8.83 Å². The van der Waals surface area contributed by atoms with E-state index in [0.717, 1.165) is 64.4 Å². The third-order valence-corrected chi connectivity index (χ3v) is 9.28. The Hall–Kier alpha value is -5.34. The number of allylic oxidation sites excluding steroid dienone is 4. The van der Waals surface area contributed by atoms with Crippen LogP contribution in [-0.2, 0) is 12.8 Å². The van der Waals surface area contributed by atoms with Gasteiger partial charge in [0.15, 0.2) is 0 Å². The third kappa shape index (κ3) is 4.91. The van der Waals surface area contributed by atoms with Crippen molar-refractivity contribution in [2.75, 3.05) is 0 Å². The van der Waals surface area contributed by atoms with Gasteiger partial charge in [0.05, 0.1) is 5.39 Å². The molecule has 1 aliphatic carbocycles. The van der Waals surface area contributed by atoms with Gasteiger partial charge in [0.1, 0.15) is 22.5 Å². The molecule has 46 heavy (non-hydrogen) atoms. The minimum Gasteiger partial charge on any atom is -0.460 e. The first kappa shape index (κ1) is 28.2. The van der Waals surface area contributed by atoms with Gasteiger partial charge >= 0.3 is 0 Å². The zero-order valence-electron chi connectivity index (χ0n) is 26.3. The maximum atomic E-state index is 6.82. The SMILES string of the molecule is CC/C=C\C(C)=C(/c1ccc(-c2ccccc2)cc1)c1ccccc1Cc1cccc2c1oc1c2ccc2oc3c(c21)C=CCC3. The summed E-state index contributed by atoms with van der Waals surface area (Å²) in [6.45, 7) is 4.41. The van der Waals surface area contributed by atoms with Crippen LogP contribution in [0.2, 0.25) is 0 Å². The first-order valence-corrected chi connectivity index (χ1v) is 16.4. The molecule has 7 aromatic rings. The molecule has 224 valence electrons. The van der Waals surface area contributed by atoms with Gasteiger partial charge in [0, 0.05) is 29.2 Å². The Morgan fingerprint density at radius 1 is 0.717 bits per heavy atom. The second-order valence-corrected chi connectivity index (χ2v) is 12.2. The molecule has 0 amide bonds. The van der Waals surface area contributed by atoms with Crippen LogP contribution < -0.4 is 0 Å². The highest BCUT2D eigenvalue weighted by Gasteiger charge is 2.22. The van der Waals surface area contributed by atoms with Gasteiger partial charge in [0.2, 0.25) is 0 Å². The zero-order valence-corrected chi connectivity index (χ0v) is 26.3. The van der Waals surface area contributed by atoms with E-state index in [-0.39, 0.29) is 0 Å². The van der Waals surface area contributed by atoms with E-state index in [9.17, 15) is 0 Å². The lowest BCUT2D eigenvalue weighted by Gasteiger charge is -2.17. The highest BCUT2D eigenvalue weighted by atomic mass is 16.3. The largest absolute Gasteiger partial charge is 0.460 e. The Balaban J connectivity index is 1.24. The van der Waals surface area contributed by atoms with Crippen LogP contribution in [0.4, 0.5) is 0 Å². The maximum Gasteiger partial charge on any atom is 0.147 e. The monoisotopic (exact) mass is 596 g/mol. The van der Waals surface area contributed by atoms with Gasteiger partial charge in [-0.15, -0.1) is 0 Å². The number of hydrogen-bond donors (Lipinski definition) is 0. The minimum atomic E-state index is 0.760. The van der Waals surface area contributed by atoms with Gasteiger partial charge < -0.3 is 8.83 Å². The molecule has 0 saturated carbocycles. The molecule has 0 N–H and O–H groups in total. The van der Waals surface area contributed by atoms with Crippen LogP contribution in [0.15, 0.2) is 142 Å². The molecule has 5 aromatic carbocycles. The molecule has 1 aliphatic rings. The Kier molecular flexibility index (Phi) is 7.27. The van der Waals surface area contributed by atoms with Gasteiger partial charge in [-0.2, -0.15) is 0 Å². The van der Waals surface area contributed by atoms with Gasteiger partial charge in [-0.05, 0) is 76.4 Å². The lowest BCUT2D eigenvalue weighted by atomic mass is 9.87. The summed E-state index contributed by atoms with van der Waals surface area (Å²) in [5.41, 5.74) is 13.8. The molecular weight excluding hydrogens is 560 g/mol. The van der Waals surface area contributed by atoms with Crippen molar-refractivity contribution in [3.8, 4) is 11.1 Å². The van der Waals surface area contributed by atoms with E-state index >= 15 is 0 Å². The first-order chi connectivity index (χ1) is 22.7. The van der Waals surface area contributed by atoms with E-state index in [1.54, 1.807) is 0 Å². The average Bonchev–Trinajstić information content (AvgIpc) is 3.68. The number of fused-ring (bicyclic) bond motifs is 7. The fourth-order valence-electron chi connectivity index (χ4n) is 7.04.